The van der Waals surface area contributed by atoms with Crippen LogP contribution in [0.15, 0.2) is 272 Å². The topological polar surface area (TPSA) is 3.24 Å². The Kier molecular flexibility index (Phi) is 3.26. The summed E-state index contributed by atoms with van der Waals surface area (Å²) in [5.74, 6) is 0. The molecule has 0 radical (unpaired) electrons. The van der Waals surface area contributed by atoms with E-state index in [1.54, 1.807) is 0 Å². The van der Waals surface area contributed by atoms with Crippen molar-refractivity contribution in [1.29, 1.82) is 0 Å². The summed E-state index contributed by atoms with van der Waals surface area (Å²) in [6.07, 6.45) is 0. The van der Waals surface area contributed by atoms with Crippen molar-refractivity contribution in [3.8, 4) is 66.8 Å². The molecule has 1 heteroatoms. The quantitative estimate of drug-likeness (QED) is 0.170. The normalized spacial score (nSPS) is 23.4. The Morgan fingerprint density at radius 1 is 0.211 bits per heavy atom. The lowest BCUT2D eigenvalue weighted by Gasteiger charge is -2.34. The fraction of sp³-hybridized carbons (Fsp3) is 0.0400. The highest BCUT2D eigenvalue weighted by atomic mass is 15.2. The monoisotopic (exact) mass is 1000 g/mol. The average molecular weight is 1010 g/mol. The maximum absolute atomic E-state index is 11.6. The van der Waals surface area contributed by atoms with Crippen LogP contribution in [0.4, 0.5) is 17.1 Å². The molecule has 6 aliphatic rings. The highest BCUT2D eigenvalue weighted by Gasteiger charge is 2.56. The molecule has 0 aliphatic heterocycles. The number of anilines is 3. The Labute approximate surface area is 505 Å². The minimum Gasteiger partial charge on any atom is -0.309 e. The van der Waals surface area contributed by atoms with E-state index in [1.807, 2.05) is 0 Å². The molecule has 12 aromatic carbocycles. The summed E-state index contributed by atoms with van der Waals surface area (Å²) >= 11 is 0. The molecule has 18 rings (SSSR count). The number of nitrogens with zero attached hydrogens (tertiary/aromatic N) is 1. The number of hydrogen-bond acceptors (Lipinski definition) is 1. The number of rotatable bonds is 3. The van der Waals surface area contributed by atoms with E-state index in [2.05, 4.69) is 0 Å². The van der Waals surface area contributed by atoms with Crippen molar-refractivity contribution in [3.63, 3.8) is 0 Å². The molecule has 0 fully saturated rings. The summed E-state index contributed by atoms with van der Waals surface area (Å²) in [5.41, 5.74) is -38.1. The van der Waals surface area contributed by atoms with Gasteiger partial charge in [0.25, 0.3) is 0 Å². The highest BCUT2D eigenvalue weighted by molar-refractivity contribution is 6.06. The lowest BCUT2D eigenvalue weighted by molar-refractivity contribution is 0.792. The molecule has 350 valence electrons. The van der Waals surface area contributed by atoms with Crippen LogP contribution in [0.25, 0.3) is 66.8 Å². The van der Waals surface area contributed by atoms with E-state index in [-0.39, 0.29) is 4.90 Å². The Bertz CT molecular complexity index is 6760. The van der Waals surface area contributed by atoms with Crippen LogP contribution in [0.2, 0.25) is 0 Å². The van der Waals surface area contributed by atoms with Gasteiger partial charge in [-0.1, -0.05) is 248 Å². The van der Waals surface area contributed by atoms with E-state index in [0.717, 1.165) is 0 Å². The van der Waals surface area contributed by atoms with Gasteiger partial charge in [0, 0.05) is 16.8 Å². The van der Waals surface area contributed by atoms with Crippen molar-refractivity contribution in [2.45, 2.75) is 16.2 Å². The molecular weight excluding hydrogens is 915 g/mol. The summed E-state index contributed by atoms with van der Waals surface area (Å²) in [7, 11) is 0. The molecule has 0 unspecified atom stereocenters. The van der Waals surface area contributed by atoms with Crippen LogP contribution in [0.1, 0.15) is 128 Å². The first kappa shape index (κ1) is 17.2. The zero-order valence-corrected chi connectivity index (χ0v) is 37.9. The van der Waals surface area contributed by atoms with Gasteiger partial charge in [-0.15, -0.1) is 0 Å². The zero-order valence-electron chi connectivity index (χ0n) is 82.9. The van der Waals surface area contributed by atoms with Gasteiger partial charge in [0.2, 0.25) is 0 Å². The third-order valence-corrected chi connectivity index (χ3v) is 15.4. The molecule has 1 nitrogen and oxygen atoms in total. The second-order valence-corrected chi connectivity index (χ2v) is 18.3. The maximum Gasteiger partial charge on any atom is 0.0726 e. The lowest BCUT2D eigenvalue weighted by Crippen LogP contribution is -2.26. The molecule has 0 saturated carbocycles. The fourth-order valence-electron chi connectivity index (χ4n) is 12.8. The standard InChI is InChI=1S/C75H45N/c1-10-30-57-47(21-1)48-22-2-11-31-58(48)73(57)64-37-17-8-28-55(64)71-66(73)39-19-41-69(71)76(46-43-44-54-53-27-7-16-36-63(53)75(68(54)45-46)61-34-14-5-25-51(61)52-26-6-15-35-62(52)75)70-42-20-40-67-72(70)56-29-9-18-38-65(56)74(67)59-32-12-3-23-49(59)50-24-4-13-33-60(50)74/h1-45H/i1D,2D,3D,4D,5D,6D,7D,8D,9D,10D,11D,12D,13D,14D,15D,16D,17D,18D,19D,20D,21D,22D,23D,24D,25D,26D,27D,28D,29D,30D,31D,32D,33D,34D,35D,36D,37D,38D,39D,40D,41D,42D,43D,44D,45D. The van der Waals surface area contributed by atoms with E-state index < -0.39 is 439 Å². The van der Waals surface area contributed by atoms with Gasteiger partial charge >= 0.3 is 0 Å². The minimum absolute atomic E-state index is 0.284. The SMILES string of the molecule is [2H]c1c([2H])c([2H])c2c(c1[2H])-c1c([2H])c([2H])c([2H])c([2H])c1C21c2c([2H])c([2H])c([2H])c([2H])c2-c2c([2H])c([2H])c(N(c3c([2H])c([2H])c([2H])c4c3-c3c([2H])c([2H])c([2H])c([2H])c3C43c4c([2H])c([2H])c([2H])c([2H])c4-c4c([2H])c([2H])c([2H])c([2H])c43)c3c([2H])c([2H])c([2H])c4c3-c3c([2H])c([2H])c([2H])c([2H])c3C43c4c([2H])c([2H])c([2H])c([2H])c4-c4c([2H])c([2H])c([2H])c([2H])c43)c([2H])c21. The zero-order chi connectivity index (χ0) is 88.6. The van der Waals surface area contributed by atoms with E-state index in [1.165, 1.54) is 0 Å². The van der Waals surface area contributed by atoms with Gasteiger partial charge in [0.15, 0.2) is 0 Å². The molecule has 0 N–H and O–H groups in total. The lowest BCUT2D eigenvalue weighted by atomic mass is 9.70. The summed E-state index contributed by atoms with van der Waals surface area (Å²) < 4.78 is 445. The Balaban J connectivity index is 1.18. The van der Waals surface area contributed by atoms with Crippen molar-refractivity contribution in [2.24, 2.45) is 0 Å². The first-order valence-electron chi connectivity index (χ1n) is 45.7. The molecular formula is C75H45N. The molecule has 0 aromatic heterocycles. The van der Waals surface area contributed by atoms with Gasteiger partial charge < -0.3 is 4.90 Å². The van der Waals surface area contributed by atoms with Gasteiger partial charge in [-0.2, -0.15) is 0 Å². The van der Waals surface area contributed by atoms with Crippen LogP contribution in [0.3, 0.4) is 0 Å². The molecule has 0 heterocycles. The van der Waals surface area contributed by atoms with Gasteiger partial charge in [0.05, 0.1) is 89.3 Å². The van der Waals surface area contributed by atoms with Gasteiger partial charge in [-0.05, 0) is 147 Å². The third-order valence-electron chi connectivity index (χ3n) is 15.4. The van der Waals surface area contributed by atoms with E-state index in [0.29, 0.717) is 0 Å². The molecule has 6 aliphatic carbocycles. The number of benzene rings is 12. The minimum atomic E-state index is -3.37. The van der Waals surface area contributed by atoms with Crippen molar-refractivity contribution in [2.75, 3.05) is 4.90 Å². The van der Waals surface area contributed by atoms with E-state index in [9.17, 15) is 53.5 Å². The smallest absolute Gasteiger partial charge is 0.0726 e. The average Bonchev–Trinajstić information content (AvgIpc) is 1.48. The van der Waals surface area contributed by atoms with Crippen LogP contribution >= 0.6 is 0 Å². The van der Waals surface area contributed by atoms with Gasteiger partial charge in [-0.25, -0.2) is 0 Å². The van der Waals surface area contributed by atoms with E-state index in [4.69, 9.17) is 8.22 Å². The Hall–Kier alpha value is -9.56. The van der Waals surface area contributed by atoms with Gasteiger partial charge in [-0.3, -0.25) is 0 Å². The summed E-state index contributed by atoms with van der Waals surface area (Å²) in [6, 6.07) is -56.0. The van der Waals surface area contributed by atoms with Crippen LogP contribution < -0.4 is 4.90 Å². The molecule has 0 atom stereocenters. The van der Waals surface area contributed by atoms with Crippen LogP contribution in [0.5, 0.6) is 0 Å². The summed E-state index contributed by atoms with van der Waals surface area (Å²) in [6.45, 7) is 0. The molecule has 12 aromatic rings. The van der Waals surface area contributed by atoms with Crippen LogP contribution in [-0.2, 0) is 16.2 Å². The Morgan fingerprint density at radius 2 is 0.447 bits per heavy atom. The van der Waals surface area contributed by atoms with Crippen LogP contribution in [-0.4, -0.2) is 0 Å². The molecule has 76 heavy (non-hydrogen) atoms. The fourth-order valence-corrected chi connectivity index (χ4v) is 12.8. The number of fused-ring (bicyclic) bond motifs is 30. The van der Waals surface area contributed by atoms with Crippen molar-refractivity contribution >= 4 is 17.1 Å². The molecule has 0 amide bonds. The van der Waals surface area contributed by atoms with Crippen molar-refractivity contribution in [3.05, 3.63) is 339 Å². The third kappa shape index (κ3) is 4.56. The van der Waals surface area contributed by atoms with Crippen molar-refractivity contribution in [1.82, 2.24) is 0 Å². The highest BCUT2D eigenvalue weighted by Crippen LogP contribution is 2.69. The second-order valence-electron chi connectivity index (χ2n) is 18.3. The van der Waals surface area contributed by atoms with E-state index >= 15 is 0 Å². The number of hydrogen-bond donors (Lipinski definition) is 0. The molecule has 3 spiro atoms. The Morgan fingerprint density at radius 3 is 0.763 bits per heavy atom. The molecule has 0 saturated heterocycles. The summed E-state index contributed by atoms with van der Waals surface area (Å²) in [4.78, 5) is 0.284. The second kappa shape index (κ2) is 14.4. The maximum atomic E-state index is 11.6. The first-order valence-corrected chi connectivity index (χ1v) is 23.2. The predicted molar refractivity (Wildman–Crippen MR) is 310 cm³/mol. The largest absolute Gasteiger partial charge is 0.309 e. The predicted octanol–water partition coefficient (Wildman–Crippen LogP) is 18.2. The van der Waals surface area contributed by atoms with Gasteiger partial charge in [0.1, 0.15) is 0 Å². The molecule has 0 bridgehead atoms. The summed E-state index contributed by atoms with van der Waals surface area (Å²) in [5, 5.41) is 0. The first-order chi connectivity index (χ1) is 56.4. The van der Waals surface area contributed by atoms with Crippen molar-refractivity contribution < 1.29 is 61.7 Å². The van der Waals surface area contributed by atoms with Crippen LogP contribution in [0, 0.1) is 0 Å².